The summed E-state index contributed by atoms with van der Waals surface area (Å²) in [6, 6.07) is 20.6. The van der Waals surface area contributed by atoms with E-state index in [2.05, 4.69) is 0 Å². The van der Waals surface area contributed by atoms with E-state index in [9.17, 15) is 14.6 Å². The summed E-state index contributed by atoms with van der Waals surface area (Å²) in [5.74, 6) is -0.420. The Kier molecular flexibility index (Phi) is 4.54. The first-order valence-corrected chi connectivity index (χ1v) is 9.69. The van der Waals surface area contributed by atoms with Crippen molar-refractivity contribution in [2.45, 2.75) is 13.2 Å². The largest absolute Gasteiger partial charge is 0.392 e. The number of halogens is 1. The highest BCUT2D eigenvalue weighted by atomic mass is 19.1. The molecule has 0 amide bonds. The molecule has 0 spiro atoms. The number of hydrogen-bond donors (Lipinski definition) is 2. The summed E-state index contributed by atoms with van der Waals surface area (Å²) in [6.45, 7) is -0.430. The second-order valence-corrected chi connectivity index (χ2v) is 7.23. The van der Waals surface area contributed by atoms with E-state index in [0.717, 1.165) is 33.2 Å². The van der Waals surface area contributed by atoms with Gasteiger partial charge in [-0.1, -0.05) is 54.6 Å². The first-order valence-electron chi connectivity index (χ1n) is 9.69. The lowest BCUT2D eigenvalue weighted by atomic mass is 9.97. The predicted octanol–water partition coefficient (Wildman–Crippen LogP) is 4.95. The number of pyridine rings is 1. The summed E-state index contributed by atoms with van der Waals surface area (Å²) in [4.78, 5) is 4.75. The highest BCUT2D eigenvalue weighted by Crippen LogP contribution is 2.33. The maximum atomic E-state index is 14.7. The number of aliphatic hydroxyl groups excluding tert-OH is 2. The van der Waals surface area contributed by atoms with E-state index >= 15 is 0 Å². The van der Waals surface area contributed by atoms with Crippen molar-refractivity contribution in [2.75, 3.05) is 0 Å². The molecule has 4 nitrogen and oxygen atoms in total. The van der Waals surface area contributed by atoms with Crippen molar-refractivity contribution >= 4 is 16.4 Å². The van der Waals surface area contributed by atoms with Crippen LogP contribution in [0, 0.1) is 5.82 Å². The lowest BCUT2D eigenvalue weighted by molar-refractivity contribution is 0.276. The molecule has 0 saturated heterocycles. The van der Waals surface area contributed by atoms with Gasteiger partial charge >= 0.3 is 0 Å². The molecule has 5 heteroatoms. The first kappa shape index (κ1) is 18.5. The van der Waals surface area contributed by atoms with Gasteiger partial charge in [-0.2, -0.15) is 0 Å². The summed E-state index contributed by atoms with van der Waals surface area (Å²) in [7, 11) is 0. The molecule has 2 N–H and O–H groups in total. The Morgan fingerprint density at radius 3 is 2.47 bits per heavy atom. The van der Waals surface area contributed by atoms with E-state index in [-0.39, 0.29) is 18.8 Å². The molecule has 148 valence electrons. The van der Waals surface area contributed by atoms with Gasteiger partial charge in [0.15, 0.2) is 0 Å². The summed E-state index contributed by atoms with van der Waals surface area (Å²) >= 11 is 0. The fraction of sp³-hybridized carbons (Fsp3) is 0.0800. The molecule has 2 aromatic heterocycles. The average Bonchev–Trinajstić information content (AvgIpc) is 3.21. The number of aliphatic hydroxyl groups is 2. The molecular weight excluding hydrogens is 379 g/mol. The minimum atomic E-state index is -0.420. The summed E-state index contributed by atoms with van der Waals surface area (Å²) in [5.41, 5.74) is 4.57. The van der Waals surface area contributed by atoms with Crippen molar-refractivity contribution in [3.63, 3.8) is 0 Å². The normalized spacial score (nSPS) is 11.4. The minimum absolute atomic E-state index is 0.0849. The van der Waals surface area contributed by atoms with Crippen LogP contribution >= 0.6 is 0 Å². The molecule has 0 radical (unpaired) electrons. The van der Waals surface area contributed by atoms with Crippen molar-refractivity contribution in [3.8, 4) is 22.4 Å². The molecular formula is C25H19FN2O2. The number of nitrogens with zero attached hydrogens (tertiary/aromatic N) is 2. The van der Waals surface area contributed by atoms with E-state index in [1.807, 2.05) is 65.3 Å². The number of rotatable bonds is 4. The topological polar surface area (TPSA) is 57.8 Å². The standard InChI is InChI=1S/C25H19FN2O2/c26-25-19(15-30)5-3-7-21(25)17-10-11-23-27-22(13-28(23)12-17)24-18(14-29)9-8-16-4-1-2-6-20(16)24/h1-13,29-30H,14-15H2. The highest BCUT2D eigenvalue weighted by molar-refractivity contribution is 5.97. The van der Waals surface area contributed by atoms with E-state index in [4.69, 9.17) is 4.98 Å². The van der Waals surface area contributed by atoms with Gasteiger partial charge in [-0.15, -0.1) is 0 Å². The fourth-order valence-corrected chi connectivity index (χ4v) is 3.95. The fourth-order valence-electron chi connectivity index (χ4n) is 3.95. The Bertz CT molecular complexity index is 1390. The summed E-state index contributed by atoms with van der Waals surface area (Å²) in [6.07, 6.45) is 3.72. The molecule has 30 heavy (non-hydrogen) atoms. The van der Waals surface area contributed by atoms with Crippen LogP contribution in [0.3, 0.4) is 0 Å². The lowest BCUT2D eigenvalue weighted by Crippen LogP contribution is -1.94. The highest BCUT2D eigenvalue weighted by Gasteiger charge is 2.14. The molecule has 0 atom stereocenters. The molecule has 0 bridgehead atoms. The zero-order valence-corrected chi connectivity index (χ0v) is 16.1. The van der Waals surface area contributed by atoms with Crippen LogP contribution in [0.25, 0.3) is 38.8 Å². The van der Waals surface area contributed by atoms with Crippen molar-refractivity contribution in [1.82, 2.24) is 9.38 Å². The Morgan fingerprint density at radius 2 is 1.63 bits per heavy atom. The Balaban J connectivity index is 1.69. The molecule has 0 fully saturated rings. The van der Waals surface area contributed by atoms with Crippen LogP contribution in [-0.2, 0) is 13.2 Å². The Hall–Kier alpha value is -3.54. The SMILES string of the molecule is OCc1cccc(-c2ccc3nc(-c4c(CO)ccc5ccccc45)cn3c2)c1F. The van der Waals surface area contributed by atoms with Crippen molar-refractivity contribution in [2.24, 2.45) is 0 Å². The maximum absolute atomic E-state index is 14.7. The smallest absolute Gasteiger partial charge is 0.137 e. The van der Waals surface area contributed by atoms with Gasteiger partial charge in [0, 0.05) is 34.6 Å². The molecule has 5 rings (SSSR count). The zero-order valence-electron chi connectivity index (χ0n) is 16.1. The van der Waals surface area contributed by atoms with E-state index in [1.165, 1.54) is 0 Å². The monoisotopic (exact) mass is 398 g/mol. The predicted molar refractivity (Wildman–Crippen MR) is 115 cm³/mol. The van der Waals surface area contributed by atoms with Crippen LogP contribution in [0.4, 0.5) is 4.39 Å². The van der Waals surface area contributed by atoms with Gasteiger partial charge in [0.25, 0.3) is 0 Å². The lowest BCUT2D eigenvalue weighted by Gasteiger charge is -2.09. The maximum Gasteiger partial charge on any atom is 0.137 e. The number of benzene rings is 3. The van der Waals surface area contributed by atoms with Crippen molar-refractivity contribution in [1.29, 1.82) is 0 Å². The number of aromatic nitrogens is 2. The van der Waals surface area contributed by atoms with Gasteiger partial charge in [-0.25, -0.2) is 9.37 Å². The molecule has 0 unspecified atom stereocenters. The van der Waals surface area contributed by atoms with Crippen molar-refractivity contribution in [3.05, 3.63) is 96.1 Å². The van der Waals surface area contributed by atoms with Gasteiger partial charge < -0.3 is 14.6 Å². The second kappa shape index (κ2) is 7.37. The zero-order chi connectivity index (χ0) is 20.7. The molecule has 0 saturated carbocycles. The third-order valence-electron chi connectivity index (χ3n) is 5.45. The van der Waals surface area contributed by atoms with Crippen LogP contribution in [-0.4, -0.2) is 19.6 Å². The minimum Gasteiger partial charge on any atom is -0.392 e. The number of fused-ring (bicyclic) bond motifs is 2. The molecule has 0 aliphatic heterocycles. The van der Waals surface area contributed by atoms with Gasteiger partial charge in [0.05, 0.1) is 18.9 Å². The summed E-state index contributed by atoms with van der Waals surface area (Å²) < 4.78 is 16.5. The second-order valence-electron chi connectivity index (χ2n) is 7.23. The number of imidazole rings is 1. The molecule has 0 aliphatic carbocycles. The molecule has 2 heterocycles. The number of hydrogen-bond acceptors (Lipinski definition) is 3. The van der Waals surface area contributed by atoms with Gasteiger partial charge in [-0.3, -0.25) is 0 Å². The van der Waals surface area contributed by atoms with Crippen LogP contribution in [0.5, 0.6) is 0 Å². The molecule has 3 aromatic carbocycles. The van der Waals surface area contributed by atoms with Gasteiger partial charge in [-0.05, 0) is 28.5 Å². The first-order chi connectivity index (χ1) is 14.7. The van der Waals surface area contributed by atoms with E-state index in [0.29, 0.717) is 11.1 Å². The van der Waals surface area contributed by atoms with Gasteiger partial charge in [0.2, 0.25) is 0 Å². The van der Waals surface area contributed by atoms with E-state index in [1.54, 1.807) is 18.2 Å². The van der Waals surface area contributed by atoms with Crippen LogP contribution in [0.1, 0.15) is 11.1 Å². The Morgan fingerprint density at radius 1 is 0.800 bits per heavy atom. The third-order valence-corrected chi connectivity index (χ3v) is 5.45. The third kappa shape index (κ3) is 2.96. The van der Waals surface area contributed by atoms with Crippen LogP contribution in [0.2, 0.25) is 0 Å². The Labute approximate surface area is 172 Å². The summed E-state index contributed by atoms with van der Waals surface area (Å²) in [5, 5.41) is 21.3. The molecule has 0 aliphatic rings. The average molecular weight is 398 g/mol. The van der Waals surface area contributed by atoms with E-state index < -0.39 is 5.82 Å². The van der Waals surface area contributed by atoms with Crippen molar-refractivity contribution < 1.29 is 14.6 Å². The van der Waals surface area contributed by atoms with Gasteiger partial charge in [0.1, 0.15) is 11.5 Å². The molecule has 5 aromatic rings. The quantitative estimate of drug-likeness (QED) is 0.451. The van der Waals surface area contributed by atoms with Crippen LogP contribution in [0.15, 0.2) is 79.1 Å². The van der Waals surface area contributed by atoms with Crippen LogP contribution < -0.4 is 0 Å².